The summed E-state index contributed by atoms with van der Waals surface area (Å²) in [6, 6.07) is 8.35. The molecule has 0 amide bonds. The topological polar surface area (TPSA) is 21.3 Å². The van der Waals surface area contributed by atoms with Crippen LogP contribution in [0.4, 0.5) is 0 Å². The molecule has 0 heterocycles. The molecule has 3 heteroatoms. The predicted molar refractivity (Wildman–Crippen MR) is 76.3 cm³/mol. The maximum absolute atomic E-state index is 5.94. The highest BCUT2D eigenvalue weighted by Gasteiger charge is 2.13. The molecule has 1 rings (SSSR count). The van der Waals surface area contributed by atoms with E-state index in [-0.39, 0.29) is 12.2 Å². The van der Waals surface area contributed by atoms with Crippen molar-refractivity contribution in [2.75, 3.05) is 13.1 Å². The largest absolute Gasteiger partial charge is 0.370 e. The van der Waals surface area contributed by atoms with E-state index in [9.17, 15) is 0 Å². The molecule has 0 aliphatic rings. The van der Waals surface area contributed by atoms with Crippen molar-refractivity contribution in [2.24, 2.45) is 0 Å². The molecule has 0 aromatic heterocycles. The molecule has 0 aliphatic carbocycles. The number of ether oxygens (including phenoxy) is 1. The highest BCUT2D eigenvalue weighted by atomic mass is 79.9. The fraction of sp³-hybridized carbons (Fsp3) is 0.571. The molecule has 1 aromatic carbocycles. The molecule has 0 saturated carbocycles. The van der Waals surface area contributed by atoms with Crippen molar-refractivity contribution >= 4 is 15.9 Å². The lowest BCUT2D eigenvalue weighted by molar-refractivity contribution is 0.00723. The van der Waals surface area contributed by atoms with Gasteiger partial charge in [-0.3, -0.25) is 0 Å². The lowest BCUT2D eigenvalue weighted by atomic mass is 10.1. The van der Waals surface area contributed by atoms with Crippen molar-refractivity contribution in [1.29, 1.82) is 0 Å². The van der Waals surface area contributed by atoms with Crippen LogP contribution >= 0.6 is 15.9 Å². The van der Waals surface area contributed by atoms with Crippen LogP contribution in [0.15, 0.2) is 28.7 Å². The first-order valence-corrected chi connectivity index (χ1v) is 7.04. The van der Waals surface area contributed by atoms with Crippen LogP contribution in [0.3, 0.4) is 0 Å². The SMILES string of the molecule is CCCNCC(OC(C)C)c1ccc(Br)cc1. The Hall–Kier alpha value is -0.380. The van der Waals surface area contributed by atoms with Crippen LogP contribution in [0.1, 0.15) is 38.9 Å². The van der Waals surface area contributed by atoms with Gasteiger partial charge >= 0.3 is 0 Å². The van der Waals surface area contributed by atoms with Crippen LogP contribution in [-0.4, -0.2) is 19.2 Å². The van der Waals surface area contributed by atoms with E-state index in [1.807, 2.05) is 0 Å². The summed E-state index contributed by atoms with van der Waals surface area (Å²) < 4.78 is 7.05. The van der Waals surface area contributed by atoms with E-state index in [2.05, 4.69) is 66.3 Å². The van der Waals surface area contributed by atoms with Crippen molar-refractivity contribution in [1.82, 2.24) is 5.32 Å². The second-order valence-corrected chi connectivity index (χ2v) is 5.34. The van der Waals surface area contributed by atoms with Crippen molar-refractivity contribution < 1.29 is 4.74 Å². The highest BCUT2D eigenvalue weighted by Crippen LogP contribution is 2.21. The highest BCUT2D eigenvalue weighted by molar-refractivity contribution is 9.10. The van der Waals surface area contributed by atoms with E-state index < -0.39 is 0 Å². The third kappa shape index (κ3) is 5.66. The van der Waals surface area contributed by atoms with Crippen LogP contribution < -0.4 is 5.32 Å². The normalized spacial score (nSPS) is 13.0. The number of benzene rings is 1. The van der Waals surface area contributed by atoms with Crippen LogP contribution in [0.5, 0.6) is 0 Å². The summed E-state index contributed by atoms with van der Waals surface area (Å²) in [6.45, 7) is 8.23. The Bertz CT molecular complexity index is 311. The molecule has 0 spiro atoms. The van der Waals surface area contributed by atoms with Gasteiger partial charge in [0.05, 0.1) is 12.2 Å². The maximum atomic E-state index is 5.94. The zero-order valence-corrected chi connectivity index (χ0v) is 12.5. The van der Waals surface area contributed by atoms with Gasteiger partial charge in [-0.1, -0.05) is 35.0 Å². The average Bonchev–Trinajstić information content (AvgIpc) is 2.28. The summed E-state index contributed by atoms with van der Waals surface area (Å²) in [4.78, 5) is 0. The molecular weight excluding hydrogens is 278 g/mol. The lowest BCUT2D eigenvalue weighted by Crippen LogP contribution is -2.25. The number of nitrogens with one attached hydrogen (secondary N) is 1. The van der Waals surface area contributed by atoms with Gasteiger partial charge in [-0.25, -0.2) is 0 Å². The molecular formula is C14H22BrNO. The fourth-order valence-electron chi connectivity index (χ4n) is 1.66. The minimum atomic E-state index is 0.134. The molecule has 1 unspecified atom stereocenters. The van der Waals surface area contributed by atoms with Crippen molar-refractivity contribution in [3.05, 3.63) is 34.3 Å². The molecule has 1 atom stereocenters. The number of hydrogen-bond donors (Lipinski definition) is 1. The quantitative estimate of drug-likeness (QED) is 0.771. The van der Waals surface area contributed by atoms with Gasteiger partial charge in [0.2, 0.25) is 0 Å². The summed E-state index contributed by atoms with van der Waals surface area (Å²) in [5.74, 6) is 0. The van der Waals surface area contributed by atoms with E-state index >= 15 is 0 Å². The van der Waals surface area contributed by atoms with E-state index in [4.69, 9.17) is 4.74 Å². The molecule has 17 heavy (non-hydrogen) atoms. The van der Waals surface area contributed by atoms with Crippen molar-refractivity contribution in [3.8, 4) is 0 Å². The van der Waals surface area contributed by atoms with Gasteiger partial charge in [-0.2, -0.15) is 0 Å². The van der Waals surface area contributed by atoms with Gasteiger partial charge in [0.25, 0.3) is 0 Å². The Morgan fingerprint density at radius 2 is 1.88 bits per heavy atom. The first-order valence-electron chi connectivity index (χ1n) is 6.25. The van der Waals surface area contributed by atoms with E-state index in [0.29, 0.717) is 0 Å². The Kier molecular flexibility index (Phi) is 6.78. The van der Waals surface area contributed by atoms with Gasteiger partial charge in [0.1, 0.15) is 0 Å². The van der Waals surface area contributed by atoms with Gasteiger partial charge in [-0.15, -0.1) is 0 Å². The molecule has 1 N–H and O–H groups in total. The zero-order valence-electron chi connectivity index (χ0n) is 10.9. The summed E-state index contributed by atoms with van der Waals surface area (Å²) >= 11 is 3.45. The summed E-state index contributed by atoms with van der Waals surface area (Å²) in [7, 11) is 0. The Balaban J connectivity index is 2.64. The van der Waals surface area contributed by atoms with Crippen LogP contribution in [0.25, 0.3) is 0 Å². The van der Waals surface area contributed by atoms with Gasteiger partial charge in [-0.05, 0) is 44.5 Å². The monoisotopic (exact) mass is 299 g/mol. The molecule has 0 radical (unpaired) electrons. The second-order valence-electron chi connectivity index (χ2n) is 4.43. The zero-order chi connectivity index (χ0) is 12.7. The summed E-state index contributed by atoms with van der Waals surface area (Å²) in [5, 5.41) is 3.42. The number of rotatable bonds is 7. The smallest absolute Gasteiger partial charge is 0.0952 e. The summed E-state index contributed by atoms with van der Waals surface area (Å²) in [6.07, 6.45) is 1.52. The van der Waals surface area contributed by atoms with Gasteiger partial charge < -0.3 is 10.1 Å². The Morgan fingerprint density at radius 1 is 1.24 bits per heavy atom. The van der Waals surface area contributed by atoms with Crippen LogP contribution in [0.2, 0.25) is 0 Å². The van der Waals surface area contributed by atoms with Gasteiger partial charge in [0.15, 0.2) is 0 Å². The average molecular weight is 300 g/mol. The van der Waals surface area contributed by atoms with E-state index in [1.54, 1.807) is 0 Å². The number of hydrogen-bond acceptors (Lipinski definition) is 2. The van der Waals surface area contributed by atoms with E-state index in [1.165, 1.54) is 5.56 Å². The first-order chi connectivity index (χ1) is 8.13. The Labute approximate surface area is 113 Å². The second kappa shape index (κ2) is 7.85. The Morgan fingerprint density at radius 3 is 2.41 bits per heavy atom. The molecule has 0 fully saturated rings. The molecule has 1 aromatic rings. The third-order valence-electron chi connectivity index (χ3n) is 2.43. The molecule has 0 aliphatic heterocycles. The van der Waals surface area contributed by atoms with Crippen LogP contribution in [-0.2, 0) is 4.74 Å². The minimum Gasteiger partial charge on any atom is -0.370 e. The molecule has 0 bridgehead atoms. The summed E-state index contributed by atoms with van der Waals surface area (Å²) in [5.41, 5.74) is 1.23. The number of halogens is 1. The predicted octanol–water partition coefficient (Wildman–Crippen LogP) is 3.91. The maximum Gasteiger partial charge on any atom is 0.0952 e. The molecule has 0 saturated heterocycles. The first kappa shape index (κ1) is 14.7. The molecule has 96 valence electrons. The van der Waals surface area contributed by atoms with Gasteiger partial charge in [0, 0.05) is 11.0 Å². The van der Waals surface area contributed by atoms with Crippen molar-refractivity contribution in [2.45, 2.75) is 39.4 Å². The minimum absolute atomic E-state index is 0.134. The standard InChI is InChI=1S/C14H22BrNO/c1-4-9-16-10-14(17-11(2)3)12-5-7-13(15)8-6-12/h5-8,11,14,16H,4,9-10H2,1-3H3. The third-order valence-corrected chi connectivity index (χ3v) is 2.96. The van der Waals surface area contributed by atoms with E-state index in [0.717, 1.165) is 24.0 Å². The van der Waals surface area contributed by atoms with Crippen LogP contribution in [0, 0.1) is 0 Å². The fourth-order valence-corrected chi connectivity index (χ4v) is 1.92. The molecule has 2 nitrogen and oxygen atoms in total. The van der Waals surface area contributed by atoms with Crippen molar-refractivity contribution in [3.63, 3.8) is 0 Å². The lowest BCUT2D eigenvalue weighted by Gasteiger charge is -2.21.